The lowest BCUT2D eigenvalue weighted by molar-refractivity contribution is 0.204. The van der Waals surface area contributed by atoms with E-state index in [2.05, 4.69) is 28.9 Å². The summed E-state index contributed by atoms with van der Waals surface area (Å²) in [6.45, 7) is 6.72. The Morgan fingerprint density at radius 2 is 1.90 bits per heavy atom. The maximum absolute atomic E-state index is 6.13. The van der Waals surface area contributed by atoms with Crippen molar-refractivity contribution in [2.24, 2.45) is 5.92 Å². The molecule has 4 nitrogen and oxygen atoms in total. The molecule has 5 heteroatoms. The lowest BCUT2D eigenvalue weighted by Gasteiger charge is -2.26. The second kappa shape index (κ2) is 6.86. The first-order valence-corrected chi connectivity index (χ1v) is 7.16. The predicted molar refractivity (Wildman–Crippen MR) is 83.5 cm³/mol. The highest BCUT2D eigenvalue weighted by Gasteiger charge is 2.15. The third kappa shape index (κ3) is 3.38. The van der Waals surface area contributed by atoms with Crippen LogP contribution in [-0.4, -0.2) is 37.0 Å². The first-order chi connectivity index (χ1) is 9.63. The highest BCUT2D eigenvalue weighted by Crippen LogP contribution is 2.28. The number of hydrogen-bond donors (Lipinski definition) is 0. The van der Waals surface area contributed by atoms with Crippen LogP contribution in [-0.2, 0) is 4.74 Å². The summed E-state index contributed by atoms with van der Waals surface area (Å²) in [6.07, 6.45) is 0. The van der Waals surface area contributed by atoms with Crippen LogP contribution in [0.25, 0.3) is 10.8 Å². The van der Waals surface area contributed by atoms with Crippen molar-refractivity contribution in [2.75, 3.05) is 31.7 Å². The van der Waals surface area contributed by atoms with Gasteiger partial charge in [-0.3, -0.25) is 0 Å². The molecule has 0 saturated heterocycles. The minimum Gasteiger partial charge on any atom is -0.383 e. The Morgan fingerprint density at radius 3 is 2.55 bits per heavy atom. The van der Waals surface area contributed by atoms with E-state index >= 15 is 0 Å². The van der Waals surface area contributed by atoms with Crippen molar-refractivity contribution < 1.29 is 4.74 Å². The molecule has 0 N–H and O–H groups in total. The number of ether oxygens (including phenoxy) is 1. The summed E-state index contributed by atoms with van der Waals surface area (Å²) in [4.78, 5) is 2.21. The second-order valence-corrected chi connectivity index (χ2v) is 5.55. The number of halogens is 1. The fourth-order valence-electron chi connectivity index (χ4n) is 2.22. The third-order valence-electron chi connectivity index (χ3n) is 3.07. The van der Waals surface area contributed by atoms with Crippen molar-refractivity contribution in [3.8, 4) is 0 Å². The van der Waals surface area contributed by atoms with Gasteiger partial charge in [-0.25, -0.2) is 0 Å². The fourth-order valence-corrected chi connectivity index (χ4v) is 2.42. The van der Waals surface area contributed by atoms with Crippen LogP contribution in [0.15, 0.2) is 24.3 Å². The molecular weight excluding hydrogens is 274 g/mol. The molecule has 0 aliphatic heterocycles. The van der Waals surface area contributed by atoms with Gasteiger partial charge >= 0.3 is 0 Å². The minimum atomic E-state index is 0.445. The average molecular weight is 294 g/mol. The van der Waals surface area contributed by atoms with Gasteiger partial charge in [0, 0.05) is 31.0 Å². The van der Waals surface area contributed by atoms with Crippen molar-refractivity contribution in [1.82, 2.24) is 10.2 Å². The molecule has 108 valence electrons. The van der Waals surface area contributed by atoms with Crippen molar-refractivity contribution in [1.29, 1.82) is 0 Å². The molecular formula is C15H20ClN3O. The van der Waals surface area contributed by atoms with Gasteiger partial charge in [0.15, 0.2) is 11.0 Å². The SMILES string of the molecule is COCCN(CC(C)C)c1nnc(Cl)c2ccccc12. The van der Waals surface area contributed by atoms with Crippen LogP contribution in [0.4, 0.5) is 5.82 Å². The maximum Gasteiger partial charge on any atom is 0.159 e. The van der Waals surface area contributed by atoms with Gasteiger partial charge in [0.2, 0.25) is 0 Å². The molecule has 0 amide bonds. The summed E-state index contributed by atoms with van der Waals surface area (Å²) < 4.78 is 5.20. The van der Waals surface area contributed by atoms with Crippen LogP contribution in [0.1, 0.15) is 13.8 Å². The molecule has 0 bridgehead atoms. The molecule has 2 aromatic rings. The maximum atomic E-state index is 6.13. The van der Waals surface area contributed by atoms with Crippen LogP contribution < -0.4 is 4.90 Å². The van der Waals surface area contributed by atoms with Gasteiger partial charge in [0.05, 0.1) is 6.61 Å². The highest BCUT2D eigenvalue weighted by atomic mass is 35.5. The summed E-state index contributed by atoms with van der Waals surface area (Å²) in [6, 6.07) is 7.96. The summed E-state index contributed by atoms with van der Waals surface area (Å²) in [5, 5.41) is 10.8. The average Bonchev–Trinajstić information content (AvgIpc) is 2.44. The summed E-state index contributed by atoms with van der Waals surface area (Å²) in [7, 11) is 1.71. The number of hydrogen-bond acceptors (Lipinski definition) is 4. The highest BCUT2D eigenvalue weighted by molar-refractivity contribution is 6.34. The van der Waals surface area contributed by atoms with E-state index in [1.165, 1.54) is 0 Å². The molecule has 0 aliphatic carbocycles. The molecule has 1 heterocycles. The molecule has 0 radical (unpaired) electrons. The van der Waals surface area contributed by atoms with Crippen molar-refractivity contribution >= 4 is 28.2 Å². The molecule has 0 spiro atoms. The van der Waals surface area contributed by atoms with E-state index in [1.54, 1.807) is 7.11 Å². The zero-order valence-corrected chi connectivity index (χ0v) is 12.9. The van der Waals surface area contributed by atoms with Gasteiger partial charge in [0.1, 0.15) is 0 Å². The molecule has 2 rings (SSSR count). The lowest BCUT2D eigenvalue weighted by Crippen LogP contribution is -2.32. The molecule has 20 heavy (non-hydrogen) atoms. The normalized spacial score (nSPS) is 11.2. The molecule has 0 unspecified atom stereocenters. The van der Waals surface area contributed by atoms with E-state index in [0.717, 1.165) is 29.7 Å². The lowest BCUT2D eigenvalue weighted by atomic mass is 10.1. The van der Waals surface area contributed by atoms with Gasteiger partial charge in [-0.05, 0) is 5.92 Å². The first kappa shape index (κ1) is 15.0. The third-order valence-corrected chi connectivity index (χ3v) is 3.35. The fraction of sp³-hybridized carbons (Fsp3) is 0.467. The Kier molecular flexibility index (Phi) is 5.15. The number of rotatable bonds is 6. The summed E-state index contributed by atoms with van der Waals surface area (Å²) >= 11 is 6.13. The van der Waals surface area contributed by atoms with Crippen LogP contribution >= 0.6 is 11.6 Å². The topological polar surface area (TPSA) is 38.2 Å². The quantitative estimate of drug-likeness (QED) is 0.818. The zero-order chi connectivity index (χ0) is 14.5. The number of anilines is 1. The number of methoxy groups -OCH3 is 1. The number of benzene rings is 1. The molecule has 0 fully saturated rings. The van der Waals surface area contributed by atoms with Crippen LogP contribution in [0.3, 0.4) is 0 Å². The standard InChI is InChI=1S/C15H20ClN3O/c1-11(2)10-19(8-9-20-3)15-13-7-5-4-6-12(13)14(16)17-18-15/h4-7,11H,8-10H2,1-3H3. The molecule has 0 atom stereocenters. The minimum absolute atomic E-state index is 0.445. The van der Waals surface area contributed by atoms with Gasteiger partial charge in [-0.15, -0.1) is 10.2 Å². The Balaban J connectivity index is 2.44. The van der Waals surface area contributed by atoms with E-state index < -0.39 is 0 Å². The number of fused-ring (bicyclic) bond motifs is 1. The largest absolute Gasteiger partial charge is 0.383 e. The van der Waals surface area contributed by atoms with Crippen molar-refractivity contribution in [3.63, 3.8) is 0 Å². The Labute approximate surface area is 124 Å². The van der Waals surface area contributed by atoms with Crippen LogP contribution in [0, 0.1) is 5.92 Å². The predicted octanol–water partition coefficient (Wildman–Crippen LogP) is 3.39. The number of nitrogens with zero attached hydrogens (tertiary/aromatic N) is 3. The summed E-state index contributed by atoms with van der Waals surface area (Å²) in [5.74, 6) is 1.40. The Bertz CT molecular complexity index is 574. The number of aromatic nitrogens is 2. The van der Waals surface area contributed by atoms with Gasteiger partial charge < -0.3 is 9.64 Å². The van der Waals surface area contributed by atoms with Gasteiger partial charge in [0.25, 0.3) is 0 Å². The second-order valence-electron chi connectivity index (χ2n) is 5.19. The van der Waals surface area contributed by atoms with Crippen LogP contribution in [0.2, 0.25) is 5.15 Å². The molecule has 1 aromatic heterocycles. The first-order valence-electron chi connectivity index (χ1n) is 6.78. The van der Waals surface area contributed by atoms with Crippen molar-refractivity contribution in [2.45, 2.75) is 13.8 Å². The monoisotopic (exact) mass is 293 g/mol. The van der Waals surface area contributed by atoms with Crippen molar-refractivity contribution in [3.05, 3.63) is 29.4 Å². The molecule has 0 saturated carbocycles. The Morgan fingerprint density at radius 1 is 1.20 bits per heavy atom. The van der Waals surface area contributed by atoms with E-state index in [1.807, 2.05) is 24.3 Å². The van der Waals surface area contributed by atoms with Crippen LogP contribution in [0.5, 0.6) is 0 Å². The zero-order valence-electron chi connectivity index (χ0n) is 12.1. The van der Waals surface area contributed by atoms with Gasteiger partial charge in [-0.2, -0.15) is 0 Å². The van der Waals surface area contributed by atoms with E-state index in [9.17, 15) is 0 Å². The van der Waals surface area contributed by atoms with E-state index in [0.29, 0.717) is 17.7 Å². The molecule has 0 aliphatic rings. The van der Waals surface area contributed by atoms with Gasteiger partial charge in [-0.1, -0.05) is 49.7 Å². The van der Waals surface area contributed by atoms with E-state index in [-0.39, 0.29) is 0 Å². The van der Waals surface area contributed by atoms with E-state index in [4.69, 9.17) is 16.3 Å². The molecule has 1 aromatic carbocycles. The Hall–Kier alpha value is -1.39. The smallest absolute Gasteiger partial charge is 0.159 e. The summed E-state index contributed by atoms with van der Waals surface area (Å²) in [5.41, 5.74) is 0.